The average Bonchev–Trinajstić information content (AvgIpc) is 2.24. The summed E-state index contributed by atoms with van der Waals surface area (Å²) in [6.07, 6.45) is 0. The zero-order chi connectivity index (χ0) is 13.8. The number of ether oxygens (including phenoxy) is 1. The van der Waals surface area contributed by atoms with Crippen molar-refractivity contribution in [3.8, 4) is 5.75 Å². The van der Waals surface area contributed by atoms with Gasteiger partial charge in [-0.1, -0.05) is 32.9 Å². The van der Waals surface area contributed by atoms with Crippen molar-refractivity contribution in [1.29, 1.82) is 0 Å². The second kappa shape index (κ2) is 5.89. The normalized spacial score (nSPS) is 12.6. The molecule has 1 aromatic carbocycles. The van der Waals surface area contributed by atoms with Gasteiger partial charge in [-0.05, 0) is 42.8 Å². The van der Waals surface area contributed by atoms with Crippen LogP contribution in [0.4, 0.5) is 0 Å². The molecule has 0 aliphatic carbocycles. The van der Waals surface area contributed by atoms with Crippen LogP contribution in [0, 0.1) is 0 Å². The van der Waals surface area contributed by atoms with Gasteiger partial charge in [0, 0.05) is 6.61 Å². The van der Waals surface area contributed by atoms with Crippen molar-refractivity contribution < 1.29 is 9.16 Å². The van der Waals surface area contributed by atoms with E-state index in [-0.39, 0.29) is 5.04 Å². The van der Waals surface area contributed by atoms with Gasteiger partial charge in [-0.2, -0.15) is 0 Å². The fourth-order valence-corrected chi connectivity index (χ4v) is 2.39. The average molecular weight is 266 g/mol. The van der Waals surface area contributed by atoms with Gasteiger partial charge in [-0.15, -0.1) is 0 Å². The summed E-state index contributed by atoms with van der Waals surface area (Å²) in [7, 11) is -1.74. The fourth-order valence-electron chi connectivity index (χ4n) is 1.37. The van der Waals surface area contributed by atoms with Crippen LogP contribution in [0.2, 0.25) is 18.1 Å². The highest BCUT2D eigenvalue weighted by molar-refractivity contribution is 6.74. The van der Waals surface area contributed by atoms with Gasteiger partial charge in [0.05, 0.1) is 6.61 Å². The highest BCUT2D eigenvalue weighted by Gasteiger charge is 2.38. The van der Waals surface area contributed by atoms with Gasteiger partial charge in [0.2, 0.25) is 8.32 Å². The summed E-state index contributed by atoms with van der Waals surface area (Å²) < 4.78 is 11.7. The predicted octanol–water partition coefficient (Wildman–Crippen LogP) is 4.61. The number of rotatable bonds is 5. The van der Waals surface area contributed by atoms with E-state index in [0.29, 0.717) is 6.61 Å². The molecular weight excluding hydrogens is 240 g/mol. The van der Waals surface area contributed by atoms with Crippen molar-refractivity contribution in [2.24, 2.45) is 0 Å². The Bertz CT molecular complexity index is 380. The van der Waals surface area contributed by atoms with E-state index in [1.165, 1.54) is 5.56 Å². The SMILES string of the molecule is CCOCc1cccc(O[Si](C)(C)C(C)(C)C)c1. The smallest absolute Gasteiger partial charge is 0.250 e. The highest BCUT2D eigenvalue weighted by atomic mass is 28.4. The minimum atomic E-state index is -1.74. The molecule has 1 aromatic rings. The van der Waals surface area contributed by atoms with Crippen molar-refractivity contribution in [3.05, 3.63) is 29.8 Å². The molecule has 18 heavy (non-hydrogen) atoms. The molecule has 1 rings (SSSR count). The molecule has 0 aliphatic heterocycles. The molecule has 0 bridgehead atoms. The Morgan fingerprint density at radius 2 is 1.83 bits per heavy atom. The maximum Gasteiger partial charge on any atom is 0.250 e. The molecule has 0 saturated heterocycles. The second-order valence-corrected chi connectivity index (χ2v) is 10.9. The van der Waals surface area contributed by atoms with Crippen LogP contribution in [-0.2, 0) is 11.3 Å². The molecule has 0 fully saturated rings. The van der Waals surface area contributed by atoms with Crippen LogP contribution in [0.1, 0.15) is 33.3 Å². The minimum Gasteiger partial charge on any atom is -0.543 e. The summed E-state index contributed by atoms with van der Waals surface area (Å²) in [5.74, 6) is 0.971. The first-order chi connectivity index (χ1) is 8.26. The van der Waals surface area contributed by atoms with Crippen LogP contribution < -0.4 is 4.43 Å². The molecule has 0 N–H and O–H groups in total. The molecule has 102 valence electrons. The lowest BCUT2D eigenvalue weighted by molar-refractivity contribution is 0.134. The van der Waals surface area contributed by atoms with E-state index in [0.717, 1.165) is 12.4 Å². The van der Waals surface area contributed by atoms with Gasteiger partial charge in [0.15, 0.2) is 0 Å². The van der Waals surface area contributed by atoms with Gasteiger partial charge in [-0.25, -0.2) is 0 Å². The molecule has 0 heterocycles. The van der Waals surface area contributed by atoms with Gasteiger partial charge >= 0.3 is 0 Å². The zero-order valence-corrected chi connectivity index (χ0v) is 13.5. The Morgan fingerprint density at radius 1 is 1.17 bits per heavy atom. The Balaban J connectivity index is 2.79. The summed E-state index contributed by atoms with van der Waals surface area (Å²) in [4.78, 5) is 0. The molecule has 0 aliphatic rings. The molecule has 0 atom stereocenters. The summed E-state index contributed by atoms with van der Waals surface area (Å²) in [6, 6.07) is 8.25. The van der Waals surface area contributed by atoms with E-state index in [1.807, 2.05) is 19.1 Å². The Hall–Kier alpha value is -0.803. The molecular formula is C15H26O2Si. The minimum absolute atomic E-state index is 0.225. The van der Waals surface area contributed by atoms with Crippen molar-refractivity contribution >= 4 is 8.32 Å². The first-order valence-corrected chi connectivity index (χ1v) is 9.53. The molecule has 2 nitrogen and oxygen atoms in total. The largest absolute Gasteiger partial charge is 0.543 e. The number of benzene rings is 1. The van der Waals surface area contributed by atoms with Crippen LogP contribution in [0.25, 0.3) is 0 Å². The summed E-state index contributed by atoms with van der Waals surface area (Å²) in [6.45, 7) is 14.7. The quantitative estimate of drug-likeness (QED) is 0.725. The van der Waals surface area contributed by atoms with Crippen LogP contribution in [0.15, 0.2) is 24.3 Å². The van der Waals surface area contributed by atoms with Crippen molar-refractivity contribution in [2.75, 3.05) is 6.61 Å². The molecule has 3 heteroatoms. The molecule has 0 radical (unpaired) electrons. The van der Waals surface area contributed by atoms with E-state index in [9.17, 15) is 0 Å². The maximum atomic E-state index is 6.27. The lowest BCUT2D eigenvalue weighted by atomic mass is 10.2. The zero-order valence-electron chi connectivity index (χ0n) is 12.5. The van der Waals surface area contributed by atoms with Gasteiger partial charge in [0.25, 0.3) is 0 Å². The lowest BCUT2D eigenvalue weighted by Gasteiger charge is -2.36. The van der Waals surface area contributed by atoms with Gasteiger partial charge in [-0.3, -0.25) is 0 Å². The van der Waals surface area contributed by atoms with Crippen LogP contribution in [0.5, 0.6) is 5.75 Å². The molecule has 0 aromatic heterocycles. The Morgan fingerprint density at radius 3 is 2.39 bits per heavy atom. The van der Waals surface area contributed by atoms with E-state index in [2.05, 4.69) is 46.0 Å². The third-order valence-electron chi connectivity index (χ3n) is 3.55. The van der Waals surface area contributed by atoms with Crippen molar-refractivity contribution in [2.45, 2.75) is 52.4 Å². The first-order valence-electron chi connectivity index (χ1n) is 6.62. The molecule has 0 amide bonds. The van der Waals surface area contributed by atoms with Crippen molar-refractivity contribution in [1.82, 2.24) is 0 Å². The van der Waals surface area contributed by atoms with Crippen molar-refractivity contribution in [3.63, 3.8) is 0 Å². The first kappa shape index (κ1) is 15.3. The van der Waals surface area contributed by atoms with Crippen LogP contribution in [-0.4, -0.2) is 14.9 Å². The number of hydrogen-bond donors (Lipinski definition) is 0. The third-order valence-corrected chi connectivity index (χ3v) is 7.91. The molecule has 0 saturated carbocycles. The Kier molecular flexibility index (Phi) is 4.99. The summed E-state index contributed by atoms with van der Waals surface area (Å²) >= 11 is 0. The van der Waals surface area contributed by atoms with E-state index >= 15 is 0 Å². The third kappa shape index (κ3) is 4.14. The topological polar surface area (TPSA) is 18.5 Å². The lowest BCUT2D eigenvalue weighted by Crippen LogP contribution is -2.43. The second-order valence-electron chi connectivity index (χ2n) is 6.15. The highest BCUT2D eigenvalue weighted by Crippen LogP contribution is 2.37. The predicted molar refractivity (Wildman–Crippen MR) is 79.6 cm³/mol. The van der Waals surface area contributed by atoms with Crippen LogP contribution in [0.3, 0.4) is 0 Å². The van der Waals surface area contributed by atoms with E-state index < -0.39 is 8.32 Å². The van der Waals surface area contributed by atoms with E-state index in [4.69, 9.17) is 9.16 Å². The monoisotopic (exact) mass is 266 g/mol. The summed E-state index contributed by atoms with van der Waals surface area (Å²) in [5, 5.41) is 0.225. The van der Waals surface area contributed by atoms with Gasteiger partial charge < -0.3 is 9.16 Å². The Labute approximate surface area is 112 Å². The van der Waals surface area contributed by atoms with Crippen LogP contribution >= 0.6 is 0 Å². The fraction of sp³-hybridized carbons (Fsp3) is 0.600. The number of hydrogen-bond acceptors (Lipinski definition) is 2. The van der Waals surface area contributed by atoms with E-state index in [1.54, 1.807) is 0 Å². The molecule has 0 unspecified atom stereocenters. The standard InChI is InChI=1S/C15H26O2Si/c1-7-16-12-13-9-8-10-14(11-13)17-18(5,6)15(2,3)4/h8-11H,7,12H2,1-6H3. The maximum absolute atomic E-state index is 6.27. The summed E-state index contributed by atoms with van der Waals surface area (Å²) in [5.41, 5.74) is 1.17. The van der Waals surface area contributed by atoms with Gasteiger partial charge in [0.1, 0.15) is 5.75 Å². The molecule has 0 spiro atoms.